The predicted octanol–water partition coefficient (Wildman–Crippen LogP) is 6.65. The van der Waals surface area contributed by atoms with Gasteiger partial charge < -0.3 is 9.47 Å². The first-order valence-electron chi connectivity index (χ1n) is 11.4. The highest BCUT2D eigenvalue weighted by Crippen LogP contribution is 2.47. The lowest BCUT2D eigenvalue weighted by molar-refractivity contribution is -0.161. The van der Waals surface area contributed by atoms with Crippen LogP contribution in [0.25, 0.3) is 22.4 Å². The Hall–Kier alpha value is -3.19. The van der Waals surface area contributed by atoms with E-state index in [0.29, 0.717) is 48.2 Å². The van der Waals surface area contributed by atoms with Crippen LogP contribution in [0.1, 0.15) is 34.9 Å². The van der Waals surface area contributed by atoms with E-state index in [2.05, 4.69) is 15.0 Å². The van der Waals surface area contributed by atoms with Crippen molar-refractivity contribution in [1.82, 2.24) is 24.4 Å². The molecule has 200 valence electrons. The van der Waals surface area contributed by atoms with Crippen LogP contribution in [0.3, 0.4) is 0 Å². The van der Waals surface area contributed by atoms with E-state index in [1.807, 2.05) is 0 Å². The van der Waals surface area contributed by atoms with Crippen molar-refractivity contribution in [3.8, 4) is 11.3 Å². The van der Waals surface area contributed by atoms with Crippen molar-refractivity contribution in [3.63, 3.8) is 0 Å². The van der Waals surface area contributed by atoms with Gasteiger partial charge in [-0.05, 0) is 31.0 Å². The lowest BCUT2D eigenvalue weighted by Gasteiger charge is -2.31. The standard InChI is InChI=1S/C24H18ClF6N5OS/c25-20-19(14-3-1-4-15(23(26,27)28)18(14)24(29,30)31)34-22(38-20)13-6-9-35(10-7-13)17(37)11-36-12-33-16-5-2-8-32-21(16)36/h1-5,8,12-13H,6-7,9-11H2. The van der Waals surface area contributed by atoms with Crippen molar-refractivity contribution in [2.45, 2.75) is 37.7 Å². The van der Waals surface area contributed by atoms with Gasteiger partial charge in [-0.2, -0.15) is 26.3 Å². The van der Waals surface area contributed by atoms with Crippen molar-refractivity contribution in [3.05, 3.63) is 63.3 Å². The highest BCUT2D eigenvalue weighted by atomic mass is 35.5. The van der Waals surface area contributed by atoms with Gasteiger partial charge >= 0.3 is 12.4 Å². The van der Waals surface area contributed by atoms with E-state index in [1.54, 1.807) is 34.1 Å². The van der Waals surface area contributed by atoms with Gasteiger partial charge in [0, 0.05) is 30.8 Å². The number of hydrogen-bond donors (Lipinski definition) is 0. The van der Waals surface area contributed by atoms with E-state index in [4.69, 9.17) is 11.6 Å². The maximum atomic E-state index is 13.7. The summed E-state index contributed by atoms with van der Waals surface area (Å²) in [6.07, 6.45) is -6.36. The second-order valence-electron chi connectivity index (χ2n) is 8.77. The Morgan fingerprint density at radius 3 is 2.45 bits per heavy atom. The average molecular weight is 574 g/mol. The van der Waals surface area contributed by atoms with Crippen LogP contribution < -0.4 is 0 Å². The van der Waals surface area contributed by atoms with Crippen molar-refractivity contribution in [1.29, 1.82) is 0 Å². The molecule has 0 bridgehead atoms. The Kier molecular flexibility index (Phi) is 6.84. The molecule has 0 spiro atoms. The van der Waals surface area contributed by atoms with Gasteiger partial charge in [-0.3, -0.25) is 4.79 Å². The van der Waals surface area contributed by atoms with E-state index >= 15 is 0 Å². The number of nitrogens with zero attached hydrogens (tertiary/aromatic N) is 5. The fraction of sp³-hybridized carbons (Fsp3) is 0.333. The number of rotatable bonds is 4. The number of halogens is 7. The zero-order chi connectivity index (χ0) is 27.2. The minimum Gasteiger partial charge on any atom is -0.341 e. The van der Waals surface area contributed by atoms with Crippen LogP contribution in [-0.4, -0.2) is 43.4 Å². The fourth-order valence-corrected chi connectivity index (χ4v) is 5.94. The molecule has 0 radical (unpaired) electrons. The molecule has 1 saturated heterocycles. The smallest absolute Gasteiger partial charge is 0.341 e. The summed E-state index contributed by atoms with van der Waals surface area (Å²) < 4.78 is 82.9. The van der Waals surface area contributed by atoms with Gasteiger partial charge in [-0.15, -0.1) is 11.3 Å². The molecule has 1 aromatic carbocycles. The summed E-state index contributed by atoms with van der Waals surface area (Å²) in [7, 11) is 0. The van der Waals surface area contributed by atoms with Gasteiger partial charge in [0.1, 0.15) is 22.1 Å². The van der Waals surface area contributed by atoms with Gasteiger partial charge in [0.2, 0.25) is 5.91 Å². The number of pyridine rings is 1. The van der Waals surface area contributed by atoms with E-state index in [9.17, 15) is 31.1 Å². The number of alkyl halides is 6. The lowest BCUT2D eigenvalue weighted by Crippen LogP contribution is -2.39. The highest BCUT2D eigenvalue weighted by Gasteiger charge is 2.45. The highest BCUT2D eigenvalue weighted by molar-refractivity contribution is 7.16. The number of aromatic nitrogens is 4. The lowest BCUT2D eigenvalue weighted by atomic mass is 9.96. The first kappa shape index (κ1) is 26.4. The summed E-state index contributed by atoms with van der Waals surface area (Å²) in [5, 5.41) is 0.424. The maximum Gasteiger partial charge on any atom is 0.417 e. The van der Waals surface area contributed by atoms with Crippen molar-refractivity contribution >= 4 is 40.0 Å². The summed E-state index contributed by atoms with van der Waals surface area (Å²) in [5.41, 5.74) is -3.39. The minimum atomic E-state index is -5.27. The van der Waals surface area contributed by atoms with Gasteiger partial charge in [0.05, 0.1) is 22.5 Å². The quantitative estimate of drug-likeness (QED) is 0.256. The number of thiazole rings is 1. The third kappa shape index (κ3) is 5.08. The summed E-state index contributed by atoms with van der Waals surface area (Å²) in [5.74, 6) is -0.337. The van der Waals surface area contributed by atoms with Crippen molar-refractivity contribution < 1.29 is 31.1 Å². The van der Waals surface area contributed by atoms with Gasteiger partial charge in [0.25, 0.3) is 0 Å². The third-order valence-electron chi connectivity index (χ3n) is 6.39. The number of fused-ring (bicyclic) bond motifs is 1. The predicted molar refractivity (Wildman–Crippen MR) is 129 cm³/mol. The van der Waals surface area contributed by atoms with Gasteiger partial charge in [-0.1, -0.05) is 23.7 Å². The Morgan fingerprint density at radius 1 is 1.03 bits per heavy atom. The molecule has 1 amide bonds. The van der Waals surface area contributed by atoms with Gasteiger partial charge in [-0.25, -0.2) is 15.0 Å². The SMILES string of the molecule is O=C(Cn1cnc2cccnc21)N1CCC(c2nc(-c3cccc(C(F)(F)F)c3C(F)(F)F)c(Cl)s2)CC1. The summed E-state index contributed by atoms with van der Waals surface area (Å²) in [4.78, 5) is 27.3. The normalized spacial score (nSPS) is 15.4. The molecule has 5 rings (SSSR count). The number of carbonyl (C=O) groups is 1. The van der Waals surface area contributed by atoms with E-state index < -0.39 is 29.0 Å². The van der Waals surface area contributed by atoms with Crippen LogP contribution in [0.5, 0.6) is 0 Å². The van der Waals surface area contributed by atoms with E-state index in [0.717, 1.165) is 23.5 Å². The molecule has 6 nitrogen and oxygen atoms in total. The molecule has 38 heavy (non-hydrogen) atoms. The summed E-state index contributed by atoms with van der Waals surface area (Å²) >= 11 is 7.17. The second-order valence-corrected chi connectivity index (χ2v) is 10.4. The summed E-state index contributed by atoms with van der Waals surface area (Å²) in [6.45, 7) is 0.822. The third-order valence-corrected chi connectivity index (χ3v) is 7.80. The molecule has 0 unspecified atom stereocenters. The number of hydrogen-bond acceptors (Lipinski definition) is 5. The first-order chi connectivity index (χ1) is 17.9. The first-order valence-corrected chi connectivity index (χ1v) is 12.6. The summed E-state index contributed by atoms with van der Waals surface area (Å²) in [6, 6.07) is 5.78. The molecular weight excluding hydrogens is 556 g/mol. The van der Waals surface area contributed by atoms with Crippen LogP contribution in [-0.2, 0) is 23.7 Å². The molecule has 0 saturated carbocycles. The average Bonchev–Trinajstić information content (AvgIpc) is 3.46. The Morgan fingerprint density at radius 2 is 1.76 bits per heavy atom. The topological polar surface area (TPSA) is 63.9 Å². The van der Waals surface area contributed by atoms with Crippen LogP contribution in [0, 0.1) is 0 Å². The van der Waals surface area contributed by atoms with Crippen LogP contribution in [0.2, 0.25) is 4.34 Å². The Balaban J connectivity index is 1.33. The van der Waals surface area contributed by atoms with E-state index in [1.165, 1.54) is 0 Å². The second kappa shape index (κ2) is 9.84. The van der Waals surface area contributed by atoms with Crippen LogP contribution in [0.15, 0.2) is 42.9 Å². The molecular formula is C24H18ClF6N5OS. The van der Waals surface area contributed by atoms with Crippen LogP contribution >= 0.6 is 22.9 Å². The van der Waals surface area contributed by atoms with E-state index in [-0.39, 0.29) is 28.4 Å². The Labute approximate surface area is 220 Å². The van der Waals surface area contributed by atoms with Gasteiger partial charge in [0.15, 0.2) is 5.65 Å². The monoisotopic (exact) mass is 573 g/mol. The Bertz CT molecular complexity index is 1490. The molecule has 14 heteroatoms. The maximum absolute atomic E-state index is 13.7. The molecule has 4 heterocycles. The van der Waals surface area contributed by atoms with Crippen LogP contribution in [0.4, 0.5) is 26.3 Å². The molecule has 1 aliphatic heterocycles. The molecule has 1 aliphatic rings. The largest absolute Gasteiger partial charge is 0.417 e. The van der Waals surface area contributed by atoms with Crippen molar-refractivity contribution in [2.75, 3.05) is 13.1 Å². The zero-order valence-electron chi connectivity index (χ0n) is 19.4. The molecule has 3 aromatic heterocycles. The number of piperidine rings is 1. The number of amides is 1. The number of benzene rings is 1. The molecule has 0 N–H and O–H groups in total. The van der Waals surface area contributed by atoms with Crippen molar-refractivity contribution in [2.24, 2.45) is 0 Å². The number of imidazole rings is 1. The molecule has 1 fully saturated rings. The molecule has 4 aromatic rings. The molecule has 0 atom stereocenters. The number of carbonyl (C=O) groups excluding carboxylic acids is 1. The molecule has 0 aliphatic carbocycles. The number of likely N-dealkylation sites (tertiary alicyclic amines) is 1. The minimum absolute atomic E-state index is 0.0567. The zero-order valence-corrected chi connectivity index (χ0v) is 20.9. The fourth-order valence-electron chi connectivity index (χ4n) is 4.58.